The molecule has 3 aromatic heterocycles. The third-order valence-corrected chi connectivity index (χ3v) is 8.19. The number of pyridine rings is 1. The van der Waals surface area contributed by atoms with E-state index in [1.165, 1.54) is 38.1 Å². The smallest absolute Gasteiger partial charge is 0.243 e. The van der Waals surface area contributed by atoms with E-state index in [2.05, 4.69) is 45.8 Å². The highest BCUT2D eigenvalue weighted by Crippen LogP contribution is 2.38. The molecule has 2 atom stereocenters. The van der Waals surface area contributed by atoms with E-state index in [1.54, 1.807) is 30.6 Å². The predicted octanol–water partition coefficient (Wildman–Crippen LogP) is 4.22. The Bertz CT molecular complexity index is 1540. The van der Waals surface area contributed by atoms with Crippen molar-refractivity contribution in [3.8, 4) is 28.6 Å². The molecular formula is C24H25BrFN7O4S. The van der Waals surface area contributed by atoms with Gasteiger partial charge in [0.05, 0.1) is 18.7 Å². The van der Waals surface area contributed by atoms with Gasteiger partial charge in [-0.2, -0.15) is 0 Å². The summed E-state index contributed by atoms with van der Waals surface area (Å²) in [5, 5.41) is 6.73. The second-order valence-corrected chi connectivity index (χ2v) is 11.5. The van der Waals surface area contributed by atoms with E-state index in [4.69, 9.17) is 9.47 Å². The zero-order chi connectivity index (χ0) is 27.7. The molecule has 1 N–H and O–H groups in total. The van der Waals surface area contributed by atoms with E-state index in [0.717, 1.165) is 12.5 Å². The van der Waals surface area contributed by atoms with Gasteiger partial charge in [0.2, 0.25) is 16.0 Å². The first-order valence-corrected chi connectivity index (χ1v) is 13.6. The Morgan fingerprint density at radius 1 is 1.08 bits per heavy atom. The highest BCUT2D eigenvalue weighted by molar-refractivity contribution is 9.10. The molecule has 0 amide bonds. The summed E-state index contributed by atoms with van der Waals surface area (Å²) in [6, 6.07) is 6.90. The Labute approximate surface area is 227 Å². The molecule has 0 aliphatic heterocycles. The maximum Gasteiger partial charge on any atom is 0.243 e. The standard InChI is InChI=1S/C24H25BrFN7O4S/c1-14-9-16(11-27-10-14)21-30-31-23(33(21)20-18(36-4)7-6-8-19(20)37-5)32-38(34,35)15(2)24(3,26)22-28-12-17(25)13-29-22/h6-13,15H,1-5H3,(H,31,32)/t15-,24?/m0/s1. The lowest BCUT2D eigenvalue weighted by molar-refractivity contribution is 0.175. The molecular weight excluding hydrogens is 581 g/mol. The van der Waals surface area contributed by atoms with Crippen LogP contribution in [0.3, 0.4) is 0 Å². The lowest BCUT2D eigenvalue weighted by Gasteiger charge is -2.26. The average molecular weight is 606 g/mol. The van der Waals surface area contributed by atoms with Crippen molar-refractivity contribution in [2.24, 2.45) is 0 Å². The number of rotatable bonds is 9. The SMILES string of the molecule is COc1cccc(OC)c1-n1c(NS(=O)(=O)[C@@H](C)C(C)(F)c2ncc(Br)cn2)nnc1-c1cncc(C)c1. The molecule has 0 bridgehead atoms. The van der Waals surface area contributed by atoms with Crippen LogP contribution in [0.5, 0.6) is 11.5 Å². The number of nitrogens with zero attached hydrogens (tertiary/aromatic N) is 6. The number of benzene rings is 1. The summed E-state index contributed by atoms with van der Waals surface area (Å²) in [4.78, 5) is 12.1. The molecule has 0 spiro atoms. The Morgan fingerprint density at radius 3 is 2.29 bits per heavy atom. The average Bonchev–Trinajstić information content (AvgIpc) is 3.30. The lowest BCUT2D eigenvalue weighted by atomic mass is 10.0. The molecule has 1 unspecified atom stereocenters. The number of halogens is 2. The van der Waals surface area contributed by atoms with Gasteiger partial charge >= 0.3 is 0 Å². The number of para-hydroxylation sites is 1. The molecule has 3 heterocycles. The molecule has 11 nitrogen and oxygen atoms in total. The second kappa shape index (κ2) is 10.6. The number of aryl methyl sites for hydroxylation is 1. The quantitative estimate of drug-likeness (QED) is 0.297. The van der Waals surface area contributed by atoms with Crippen LogP contribution in [-0.4, -0.2) is 57.6 Å². The zero-order valence-electron chi connectivity index (χ0n) is 21.2. The lowest BCUT2D eigenvalue weighted by Crippen LogP contribution is -2.41. The third kappa shape index (κ3) is 5.18. The summed E-state index contributed by atoms with van der Waals surface area (Å²) in [7, 11) is -1.48. The number of methoxy groups -OCH3 is 2. The predicted molar refractivity (Wildman–Crippen MR) is 143 cm³/mol. The van der Waals surface area contributed by atoms with Gasteiger partial charge in [-0.15, -0.1) is 10.2 Å². The van der Waals surface area contributed by atoms with E-state index in [-0.39, 0.29) is 17.6 Å². The highest BCUT2D eigenvalue weighted by Gasteiger charge is 2.44. The van der Waals surface area contributed by atoms with Crippen LogP contribution in [0.25, 0.3) is 17.1 Å². The number of hydrogen-bond donors (Lipinski definition) is 1. The van der Waals surface area contributed by atoms with Crippen molar-refractivity contribution in [3.05, 3.63) is 64.9 Å². The van der Waals surface area contributed by atoms with Crippen molar-refractivity contribution in [2.45, 2.75) is 31.7 Å². The van der Waals surface area contributed by atoms with E-state index in [0.29, 0.717) is 27.2 Å². The van der Waals surface area contributed by atoms with Crippen LogP contribution in [0, 0.1) is 6.92 Å². The monoisotopic (exact) mass is 605 g/mol. The number of alkyl halides is 1. The van der Waals surface area contributed by atoms with Gasteiger partial charge in [0.15, 0.2) is 17.3 Å². The molecule has 4 aromatic rings. The van der Waals surface area contributed by atoms with Crippen molar-refractivity contribution >= 4 is 31.9 Å². The third-order valence-electron chi connectivity index (χ3n) is 5.94. The first-order chi connectivity index (χ1) is 18.0. The number of sulfonamides is 1. The van der Waals surface area contributed by atoms with Gasteiger partial charge in [-0.25, -0.2) is 22.8 Å². The van der Waals surface area contributed by atoms with E-state index < -0.39 is 20.9 Å². The molecule has 0 radical (unpaired) electrons. The molecule has 38 heavy (non-hydrogen) atoms. The Balaban J connectivity index is 1.86. The van der Waals surface area contributed by atoms with E-state index >= 15 is 4.39 Å². The minimum Gasteiger partial charge on any atom is -0.494 e. The van der Waals surface area contributed by atoms with Crippen molar-refractivity contribution in [1.82, 2.24) is 29.7 Å². The Hall–Kier alpha value is -3.65. The zero-order valence-corrected chi connectivity index (χ0v) is 23.6. The molecule has 0 saturated carbocycles. The van der Waals surface area contributed by atoms with Crippen molar-refractivity contribution < 1.29 is 22.3 Å². The molecule has 1 aromatic carbocycles. The van der Waals surface area contributed by atoms with Gasteiger partial charge in [-0.3, -0.25) is 14.3 Å². The molecule has 0 saturated heterocycles. The number of anilines is 1. The number of nitrogens with one attached hydrogen (secondary N) is 1. The fraction of sp³-hybridized carbons (Fsp3) is 0.292. The fourth-order valence-electron chi connectivity index (χ4n) is 3.73. The van der Waals surface area contributed by atoms with Crippen LogP contribution in [0.4, 0.5) is 10.3 Å². The van der Waals surface area contributed by atoms with Gasteiger partial charge in [0.1, 0.15) is 22.4 Å². The molecule has 0 aliphatic carbocycles. The van der Waals surface area contributed by atoms with E-state index in [1.807, 2.05) is 13.0 Å². The van der Waals surface area contributed by atoms with Gasteiger partial charge in [0, 0.05) is 30.4 Å². The number of ether oxygens (including phenoxy) is 2. The van der Waals surface area contributed by atoms with Gasteiger partial charge in [0.25, 0.3) is 0 Å². The molecule has 0 fully saturated rings. The minimum absolute atomic E-state index is 0.205. The van der Waals surface area contributed by atoms with Crippen LogP contribution in [0.1, 0.15) is 25.2 Å². The first kappa shape index (κ1) is 27.4. The fourth-order valence-corrected chi connectivity index (χ4v) is 5.19. The summed E-state index contributed by atoms with van der Waals surface area (Å²) < 4.78 is 58.4. The van der Waals surface area contributed by atoms with Crippen LogP contribution in [-0.2, 0) is 15.7 Å². The largest absolute Gasteiger partial charge is 0.494 e. The van der Waals surface area contributed by atoms with Crippen molar-refractivity contribution in [3.63, 3.8) is 0 Å². The van der Waals surface area contributed by atoms with Gasteiger partial charge in [-0.05, 0) is 60.5 Å². The van der Waals surface area contributed by atoms with Gasteiger partial charge < -0.3 is 9.47 Å². The van der Waals surface area contributed by atoms with E-state index in [9.17, 15) is 8.42 Å². The first-order valence-electron chi connectivity index (χ1n) is 11.3. The summed E-state index contributed by atoms with van der Waals surface area (Å²) in [6.07, 6.45) is 5.94. The number of hydrogen-bond acceptors (Lipinski definition) is 9. The normalized spacial score (nSPS) is 14.0. The second-order valence-electron chi connectivity index (χ2n) is 8.53. The number of aromatic nitrogens is 6. The molecule has 14 heteroatoms. The van der Waals surface area contributed by atoms with Crippen LogP contribution in [0.2, 0.25) is 0 Å². The summed E-state index contributed by atoms with van der Waals surface area (Å²) in [5.41, 5.74) is -0.698. The maximum atomic E-state index is 15.9. The molecule has 200 valence electrons. The maximum absolute atomic E-state index is 15.9. The van der Waals surface area contributed by atoms with Crippen LogP contribution in [0.15, 0.2) is 53.5 Å². The summed E-state index contributed by atoms with van der Waals surface area (Å²) >= 11 is 3.19. The molecule has 4 rings (SSSR count). The molecule has 0 aliphatic rings. The Morgan fingerprint density at radius 2 is 1.71 bits per heavy atom. The minimum atomic E-state index is -4.41. The topological polar surface area (TPSA) is 134 Å². The summed E-state index contributed by atoms with van der Waals surface area (Å²) in [6.45, 7) is 4.19. The highest BCUT2D eigenvalue weighted by atomic mass is 79.9. The van der Waals surface area contributed by atoms with Crippen molar-refractivity contribution in [2.75, 3.05) is 18.9 Å². The Kier molecular flexibility index (Phi) is 7.65. The van der Waals surface area contributed by atoms with Crippen LogP contribution >= 0.6 is 15.9 Å². The van der Waals surface area contributed by atoms with Crippen molar-refractivity contribution in [1.29, 1.82) is 0 Å². The van der Waals surface area contributed by atoms with Crippen LogP contribution < -0.4 is 14.2 Å². The van der Waals surface area contributed by atoms with Gasteiger partial charge in [-0.1, -0.05) is 6.07 Å². The summed E-state index contributed by atoms with van der Waals surface area (Å²) in [5.74, 6) is 0.492.